The van der Waals surface area contributed by atoms with Gasteiger partial charge in [-0.05, 0) is 38.0 Å². The van der Waals surface area contributed by atoms with Crippen molar-refractivity contribution in [2.45, 2.75) is 44.9 Å². The SMILES string of the molecule is CCC(C)NC(C)(C(N)=O)c1cccc(C(F)(F)F)c1. The van der Waals surface area contributed by atoms with E-state index in [0.717, 1.165) is 18.6 Å². The summed E-state index contributed by atoms with van der Waals surface area (Å²) in [5.41, 5.74) is 3.46. The maximum absolute atomic E-state index is 12.7. The minimum Gasteiger partial charge on any atom is -0.368 e. The Morgan fingerprint density at radius 2 is 1.90 bits per heavy atom. The Hall–Kier alpha value is -1.56. The summed E-state index contributed by atoms with van der Waals surface area (Å²) in [5.74, 6) is -0.711. The molecule has 3 N–H and O–H groups in total. The fourth-order valence-corrected chi connectivity index (χ4v) is 1.90. The third-order valence-corrected chi connectivity index (χ3v) is 3.41. The molecule has 2 unspecified atom stereocenters. The van der Waals surface area contributed by atoms with Gasteiger partial charge in [0, 0.05) is 6.04 Å². The van der Waals surface area contributed by atoms with Gasteiger partial charge in [-0.3, -0.25) is 10.1 Å². The standard InChI is InChI=1S/C14H19F3N2O/c1-4-9(2)19-13(3,12(18)20)10-6-5-7-11(8-10)14(15,16)17/h5-9,19H,4H2,1-3H3,(H2,18,20). The van der Waals surface area contributed by atoms with Crippen molar-refractivity contribution >= 4 is 5.91 Å². The number of nitrogens with two attached hydrogens (primary N) is 1. The van der Waals surface area contributed by atoms with Crippen LogP contribution in [-0.2, 0) is 16.5 Å². The van der Waals surface area contributed by atoms with Crippen molar-refractivity contribution in [1.29, 1.82) is 0 Å². The molecular formula is C14H19F3N2O. The lowest BCUT2D eigenvalue weighted by Gasteiger charge is -2.31. The lowest BCUT2D eigenvalue weighted by atomic mass is 9.89. The molecular weight excluding hydrogens is 269 g/mol. The highest BCUT2D eigenvalue weighted by molar-refractivity contribution is 5.85. The Bertz CT molecular complexity index is 488. The first-order valence-electron chi connectivity index (χ1n) is 6.36. The van der Waals surface area contributed by atoms with E-state index in [1.165, 1.54) is 19.1 Å². The van der Waals surface area contributed by atoms with Gasteiger partial charge < -0.3 is 5.73 Å². The molecule has 0 bridgehead atoms. The van der Waals surface area contributed by atoms with Crippen molar-refractivity contribution in [2.75, 3.05) is 0 Å². The van der Waals surface area contributed by atoms with Crippen molar-refractivity contribution in [3.05, 3.63) is 35.4 Å². The summed E-state index contributed by atoms with van der Waals surface area (Å²) < 4.78 is 38.2. The normalized spacial score (nSPS) is 16.5. The average Bonchev–Trinajstić information content (AvgIpc) is 2.37. The van der Waals surface area contributed by atoms with Crippen molar-refractivity contribution in [3.8, 4) is 0 Å². The number of carbonyl (C=O) groups is 1. The molecule has 0 aromatic heterocycles. The summed E-state index contributed by atoms with van der Waals surface area (Å²) in [6.45, 7) is 5.25. The molecule has 6 heteroatoms. The van der Waals surface area contributed by atoms with Crippen LogP contribution in [0.2, 0.25) is 0 Å². The quantitative estimate of drug-likeness (QED) is 0.875. The molecule has 1 aromatic carbocycles. The topological polar surface area (TPSA) is 55.1 Å². The monoisotopic (exact) mass is 288 g/mol. The molecule has 0 aliphatic heterocycles. The predicted octanol–water partition coefficient (Wildman–Crippen LogP) is 2.79. The Morgan fingerprint density at radius 1 is 1.35 bits per heavy atom. The molecule has 1 rings (SSSR count). The molecule has 0 aliphatic rings. The van der Waals surface area contributed by atoms with Crippen LogP contribution in [0.4, 0.5) is 13.2 Å². The molecule has 0 saturated heterocycles. The third-order valence-electron chi connectivity index (χ3n) is 3.41. The summed E-state index contributed by atoms with van der Waals surface area (Å²) >= 11 is 0. The number of rotatable bonds is 5. The van der Waals surface area contributed by atoms with E-state index in [-0.39, 0.29) is 11.6 Å². The first-order valence-corrected chi connectivity index (χ1v) is 6.36. The number of primary amides is 1. The molecule has 0 radical (unpaired) electrons. The van der Waals surface area contributed by atoms with E-state index in [0.29, 0.717) is 0 Å². The molecule has 112 valence electrons. The second kappa shape index (κ2) is 5.83. The van der Waals surface area contributed by atoms with Crippen molar-refractivity contribution in [3.63, 3.8) is 0 Å². The van der Waals surface area contributed by atoms with E-state index in [2.05, 4.69) is 5.32 Å². The highest BCUT2D eigenvalue weighted by atomic mass is 19.4. The minimum atomic E-state index is -4.45. The molecule has 1 amide bonds. The number of halogens is 3. The fraction of sp³-hybridized carbons (Fsp3) is 0.500. The van der Waals surface area contributed by atoms with Crippen LogP contribution < -0.4 is 11.1 Å². The molecule has 0 heterocycles. The smallest absolute Gasteiger partial charge is 0.368 e. The number of benzene rings is 1. The maximum atomic E-state index is 12.7. The molecule has 3 nitrogen and oxygen atoms in total. The Balaban J connectivity index is 3.26. The van der Waals surface area contributed by atoms with Crippen LogP contribution >= 0.6 is 0 Å². The number of hydrogen-bond donors (Lipinski definition) is 2. The fourth-order valence-electron chi connectivity index (χ4n) is 1.90. The van der Waals surface area contributed by atoms with Gasteiger partial charge in [-0.15, -0.1) is 0 Å². The highest BCUT2D eigenvalue weighted by Gasteiger charge is 2.37. The van der Waals surface area contributed by atoms with Crippen LogP contribution in [0, 0.1) is 0 Å². The van der Waals surface area contributed by atoms with E-state index in [1.54, 1.807) is 0 Å². The zero-order valence-corrected chi connectivity index (χ0v) is 11.7. The number of alkyl halides is 3. The average molecular weight is 288 g/mol. The van der Waals surface area contributed by atoms with Gasteiger partial charge in [0.1, 0.15) is 5.54 Å². The molecule has 2 atom stereocenters. The second-order valence-corrected chi connectivity index (χ2v) is 5.02. The van der Waals surface area contributed by atoms with Crippen molar-refractivity contribution in [1.82, 2.24) is 5.32 Å². The predicted molar refractivity (Wildman–Crippen MR) is 70.9 cm³/mol. The summed E-state index contributed by atoms with van der Waals surface area (Å²) in [7, 11) is 0. The van der Waals surface area contributed by atoms with E-state index >= 15 is 0 Å². The van der Waals surface area contributed by atoms with Gasteiger partial charge >= 0.3 is 6.18 Å². The van der Waals surface area contributed by atoms with Gasteiger partial charge in [0.15, 0.2) is 0 Å². The van der Waals surface area contributed by atoms with Gasteiger partial charge in [0.2, 0.25) is 5.91 Å². The van der Waals surface area contributed by atoms with Gasteiger partial charge in [-0.2, -0.15) is 13.2 Å². The maximum Gasteiger partial charge on any atom is 0.416 e. The van der Waals surface area contributed by atoms with Crippen LogP contribution in [-0.4, -0.2) is 11.9 Å². The number of amides is 1. The Kier molecular flexibility index (Phi) is 4.81. The largest absolute Gasteiger partial charge is 0.416 e. The van der Waals surface area contributed by atoms with Crippen LogP contribution in [0.3, 0.4) is 0 Å². The van der Waals surface area contributed by atoms with Crippen molar-refractivity contribution in [2.24, 2.45) is 5.73 Å². The Labute approximate surface area is 116 Å². The molecule has 0 spiro atoms. The third kappa shape index (κ3) is 3.50. The molecule has 1 aromatic rings. The summed E-state index contributed by atoms with van der Waals surface area (Å²) in [6, 6.07) is 4.61. The van der Waals surface area contributed by atoms with Crippen LogP contribution in [0.5, 0.6) is 0 Å². The van der Waals surface area contributed by atoms with Gasteiger partial charge in [0.05, 0.1) is 5.56 Å². The molecule has 0 aliphatic carbocycles. The van der Waals surface area contributed by atoms with E-state index < -0.39 is 23.2 Å². The zero-order chi connectivity index (χ0) is 15.6. The first kappa shape index (κ1) is 16.5. The van der Waals surface area contributed by atoms with E-state index in [4.69, 9.17) is 5.73 Å². The second-order valence-electron chi connectivity index (χ2n) is 5.02. The molecule has 20 heavy (non-hydrogen) atoms. The molecule has 0 saturated carbocycles. The van der Waals surface area contributed by atoms with Gasteiger partial charge in [-0.1, -0.05) is 19.1 Å². The summed E-state index contributed by atoms with van der Waals surface area (Å²) in [4.78, 5) is 11.7. The van der Waals surface area contributed by atoms with Crippen LogP contribution in [0.15, 0.2) is 24.3 Å². The number of hydrogen-bond acceptors (Lipinski definition) is 2. The van der Waals surface area contributed by atoms with E-state index in [1.807, 2.05) is 13.8 Å². The van der Waals surface area contributed by atoms with E-state index in [9.17, 15) is 18.0 Å². The lowest BCUT2D eigenvalue weighted by Crippen LogP contribution is -2.53. The van der Waals surface area contributed by atoms with Crippen molar-refractivity contribution < 1.29 is 18.0 Å². The number of carbonyl (C=O) groups excluding carboxylic acids is 1. The lowest BCUT2D eigenvalue weighted by molar-refractivity contribution is -0.138. The zero-order valence-electron chi connectivity index (χ0n) is 11.7. The van der Waals surface area contributed by atoms with Crippen LogP contribution in [0.1, 0.15) is 38.3 Å². The van der Waals surface area contributed by atoms with Crippen LogP contribution in [0.25, 0.3) is 0 Å². The summed E-state index contributed by atoms with van der Waals surface area (Å²) in [6.07, 6.45) is -3.73. The highest BCUT2D eigenvalue weighted by Crippen LogP contribution is 2.32. The number of nitrogens with one attached hydrogen (secondary N) is 1. The summed E-state index contributed by atoms with van der Waals surface area (Å²) in [5, 5.41) is 3.00. The minimum absolute atomic E-state index is 0.0537. The van der Waals surface area contributed by atoms with Gasteiger partial charge in [-0.25, -0.2) is 0 Å². The molecule has 0 fully saturated rings. The first-order chi connectivity index (χ1) is 9.11. The Morgan fingerprint density at radius 3 is 2.35 bits per heavy atom. The van der Waals surface area contributed by atoms with Gasteiger partial charge in [0.25, 0.3) is 0 Å².